The minimum atomic E-state index is -0.191. The summed E-state index contributed by atoms with van der Waals surface area (Å²) in [6.07, 6.45) is 4.30. The highest BCUT2D eigenvalue weighted by Gasteiger charge is 2.20. The van der Waals surface area contributed by atoms with Crippen molar-refractivity contribution < 1.29 is 4.39 Å². The molecule has 1 heterocycles. The highest BCUT2D eigenvalue weighted by atomic mass is 32.2. The molecule has 2 aromatic rings. The zero-order chi connectivity index (χ0) is 13.8. The van der Waals surface area contributed by atoms with Crippen LogP contribution >= 0.6 is 11.8 Å². The summed E-state index contributed by atoms with van der Waals surface area (Å²) < 4.78 is 13.5. The fourth-order valence-corrected chi connectivity index (χ4v) is 2.65. The molecule has 1 aliphatic carbocycles. The van der Waals surface area contributed by atoms with E-state index in [4.69, 9.17) is 0 Å². The molecule has 0 amide bonds. The fourth-order valence-electron chi connectivity index (χ4n) is 1.85. The molecule has 1 aliphatic rings. The molecule has 104 valence electrons. The van der Waals surface area contributed by atoms with Gasteiger partial charge in [0.15, 0.2) is 0 Å². The van der Waals surface area contributed by atoms with Crippen molar-refractivity contribution in [3.63, 3.8) is 0 Å². The summed E-state index contributed by atoms with van der Waals surface area (Å²) in [5.41, 5.74) is 0.996. The summed E-state index contributed by atoms with van der Waals surface area (Å²) in [5.74, 6) is 1.13. The SMILES string of the molecule is Fc1ccccc1SCc1nccc(CNC2CC2)n1. The van der Waals surface area contributed by atoms with Crippen LogP contribution in [0, 0.1) is 5.82 Å². The summed E-state index contributed by atoms with van der Waals surface area (Å²) >= 11 is 1.43. The van der Waals surface area contributed by atoms with Crippen LogP contribution in [-0.4, -0.2) is 16.0 Å². The van der Waals surface area contributed by atoms with Gasteiger partial charge in [-0.05, 0) is 31.0 Å². The van der Waals surface area contributed by atoms with Gasteiger partial charge in [0.05, 0.1) is 11.4 Å². The number of rotatable bonds is 6. The summed E-state index contributed by atoms with van der Waals surface area (Å²) in [6, 6.07) is 9.37. The van der Waals surface area contributed by atoms with E-state index in [9.17, 15) is 4.39 Å². The van der Waals surface area contributed by atoms with E-state index in [1.807, 2.05) is 12.1 Å². The molecule has 5 heteroatoms. The maximum atomic E-state index is 13.5. The molecule has 20 heavy (non-hydrogen) atoms. The maximum Gasteiger partial charge on any atom is 0.138 e. The normalized spacial score (nSPS) is 14.4. The first kappa shape index (κ1) is 13.5. The molecule has 1 N–H and O–H groups in total. The van der Waals surface area contributed by atoms with Gasteiger partial charge in [-0.15, -0.1) is 11.8 Å². The minimum absolute atomic E-state index is 0.191. The second kappa shape index (κ2) is 6.33. The lowest BCUT2D eigenvalue weighted by Crippen LogP contribution is -2.16. The van der Waals surface area contributed by atoms with Crippen molar-refractivity contribution in [2.24, 2.45) is 0 Å². The van der Waals surface area contributed by atoms with Crippen LogP contribution in [0.5, 0.6) is 0 Å². The lowest BCUT2D eigenvalue weighted by atomic mass is 10.3. The van der Waals surface area contributed by atoms with Crippen molar-refractivity contribution in [1.82, 2.24) is 15.3 Å². The van der Waals surface area contributed by atoms with Crippen LogP contribution < -0.4 is 5.32 Å². The number of nitrogens with zero attached hydrogens (tertiary/aromatic N) is 2. The van der Waals surface area contributed by atoms with Gasteiger partial charge in [0, 0.05) is 23.7 Å². The topological polar surface area (TPSA) is 37.8 Å². The van der Waals surface area contributed by atoms with Crippen LogP contribution in [0.15, 0.2) is 41.4 Å². The summed E-state index contributed by atoms with van der Waals surface area (Å²) in [7, 11) is 0. The standard InChI is InChI=1S/C15H16FN3S/c16-13-3-1-2-4-14(13)20-10-15-17-8-7-12(19-15)9-18-11-5-6-11/h1-4,7-8,11,18H,5-6,9-10H2. The number of hydrogen-bond donors (Lipinski definition) is 1. The van der Waals surface area contributed by atoms with Crippen molar-refractivity contribution in [1.29, 1.82) is 0 Å². The molecule has 3 nitrogen and oxygen atoms in total. The predicted octanol–water partition coefficient (Wildman–Crippen LogP) is 3.16. The summed E-state index contributed by atoms with van der Waals surface area (Å²) in [5, 5.41) is 3.43. The minimum Gasteiger partial charge on any atom is -0.308 e. The quantitative estimate of drug-likeness (QED) is 0.829. The van der Waals surface area contributed by atoms with Gasteiger partial charge in [0.2, 0.25) is 0 Å². The molecule has 0 spiro atoms. The van der Waals surface area contributed by atoms with Gasteiger partial charge in [-0.2, -0.15) is 0 Å². The second-order valence-electron chi connectivity index (χ2n) is 4.84. The molecule has 0 saturated heterocycles. The number of halogens is 1. The largest absolute Gasteiger partial charge is 0.308 e. The summed E-state index contributed by atoms with van der Waals surface area (Å²) in [4.78, 5) is 9.38. The zero-order valence-corrected chi connectivity index (χ0v) is 11.9. The van der Waals surface area contributed by atoms with Crippen LogP contribution in [0.1, 0.15) is 24.4 Å². The van der Waals surface area contributed by atoms with Crippen LogP contribution in [0.25, 0.3) is 0 Å². The molecular formula is C15H16FN3S. The van der Waals surface area contributed by atoms with Crippen molar-refractivity contribution in [3.05, 3.63) is 53.9 Å². The smallest absolute Gasteiger partial charge is 0.138 e. The van der Waals surface area contributed by atoms with Crippen molar-refractivity contribution >= 4 is 11.8 Å². The van der Waals surface area contributed by atoms with E-state index in [1.165, 1.54) is 30.7 Å². The Balaban J connectivity index is 1.59. The third kappa shape index (κ3) is 3.77. The Morgan fingerprint density at radius 1 is 1.25 bits per heavy atom. The second-order valence-corrected chi connectivity index (χ2v) is 5.86. The van der Waals surface area contributed by atoms with Crippen molar-refractivity contribution in [2.75, 3.05) is 0 Å². The van der Waals surface area contributed by atoms with Gasteiger partial charge < -0.3 is 5.32 Å². The Morgan fingerprint density at radius 3 is 2.90 bits per heavy atom. The van der Waals surface area contributed by atoms with E-state index in [-0.39, 0.29) is 5.82 Å². The van der Waals surface area contributed by atoms with Crippen molar-refractivity contribution in [3.8, 4) is 0 Å². The molecule has 0 aliphatic heterocycles. The molecular weight excluding hydrogens is 273 g/mol. The van der Waals surface area contributed by atoms with E-state index >= 15 is 0 Å². The van der Waals surface area contributed by atoms with Crippen molar-refractivity contribution in [2.45, 2.75) is 36.1 Å². The van der Waals surface area contributed by atoms with E-state index in [0.717, 1.165) is 18.1 Å². The number of aromatic nitrogens is 2. The lowest BCUT2D eigenvalue weighted by Gasteiger charge is -2.05. The summed E-state index contributed by atoms with van der Waals surface area (Å²) in [6.45, 7) is 0.782. The van der Waals surface area contributed by atoms with Gasteiger partial charge in [-0.3, -0.25) is 0 Å². The lowest BCUT2D eigenvalue weighted by molar-refractivity contribution is 0.602. The number of hydrogen-bond acceptors (Lipinski definition) is 4. The van der Waals surface area contributed by atoms with Crippen LogP contribution in [-0.2, 0) is 12.3 Å². The molecule has 1 aromatic heterocycles. The van der Waals surface area contributed by atoms with E-state index in [2.05, 4.69) is 15.3 Å². The Hall–Kier alpha value is -1.46. The van der Waals surface area contributed by atoms with Crippen LogP contribution in [0.3, 0.4) is 0 Å². The van der Waals surface area contributed by atoms with Gasteiger partial charge in [0.1, 0.15) is 11.6 Å². The molecule has 1 fully saturated rings. The Kier molecular flexibility index (Phi) is 4.28. The highest BCUT2D eigenvalue weighted by Crippen LogP contribution is 2.24. The molecule has 0 atom stereocenters. The Morgan fingerprint density at radius 2 is 2.10 bits per heavy atom. The van der Waals surface area contributed by atoms with E-state index < -0.39 is 0 Å². The van der Waals surface area contributed by atoms with Crippen LogP contribution in [0.2, 0.25) is 0 Å². The van der Waals surface area contributed by atoms with Gasteiger partial charge >= 0.3 is 0 Å². The molecule has 0 unspecified atom stereocenters. The van der Waals surface area contributed by atoms with E-state index in [1.54, 1.807) is 18.3 Å². The fraction of sp³-hybridized carbons (Fsp3) is 0.333. The average molecular weight is 289 g/mol. The molecule has 3 rings (SSSR count). The van der Waals surface area contributed by atoms with E-state index in [0.29, 0.717) is 16.7 Å². The third-order valence-corrected chi connectivity index (χ3v) is 4.15. The van der Waals surface area contributed by atoms with Gasteiger partial charge in [0.25, 0.3) is 0 Å². The molecule has 1 saturated carbocycles. The maximum absolute atomic E-state index is 13.5. The third-order valence-electron chi connectivity index (χ3n) is 3.11. The number of benzene rings is 1. The monoisotopic (exact) mass is 289 g/mol. The Labute approximate surface area is 122 Å². The van der Waals surface area contributed by atoms with Gasteiger partial charge in [-0.1, -0.05) is 12.1 Å². The first-order valence-corrected chi connectivity index (χ1v) is 7.71. The first-order valence-electron chi connectivity index (χ1n) is 6.73. The molecule has 1 aromatic carbocycles. The Bertz CT molecular complexity index is 587. The predicted molar refractivity (Wildman–Crippen MR) is 77.9 cm³/mol. The molecule has 0 bridgehead atoms. The molecule has 0 radical (unpaired) electrons. The number of nitrogens with one attached hydrogen (secondary N) is 1. The average Bonchev–Trinajstić information content (AvgIpc) is 3.29. The van der Waals surface area contributed by atoms with Crippen LogP contribution in [0.4, 0.5) is 4.39 Å². The highest BCUT2D eigenvalue weighted by molar-refractivity contribution is 7.98. The number of thioether (sulfide) groups is 1. The zero-order valence-electron chi connectivity index (χ0n) is 11.1. The first-order chi connectivity index (χ1) is 9.81. The van der Waals surface area contributed by atoms with Gasteiger partial charge in [-0.25, -0.2) is 14.4 Å².